The topological polar surface area (TPSA) is 46.9 Å². The predicted octanol–water partition coefficient (Wildman–Crippen LogP) is 4.44. The van der Waals surface area contributed by atoms with E-state index in [0.717, 1.165) is 22.1 Å². The number of rotatable bonds is 5. The van der Waals surface area contributed by atoms with Gasteiger partial charge in [0.1, 0.15) is 0 Å². The molecule has 1 aliphatic rings. The van der Waals surface area contributed by atoms with Crippen LogP contribution in [0.3, 0.4) is 0 Å². The van der Waals surface area contributed by atoms with Gasteiger partial charge >= 0.3 is 0 Å². The number of amides is 1. The van der Waals surface area contributed by atoms with Crippen LogP contribution in [-0.2, 0) is 11.3 Å². The van der Waals surface area contributed by atoms with Crippen LogP contribution in [0.15, 0.2) is 71.5 Å². The molecule has 3 aromatic rings. The lowest BCUT2D eigenvalue weighted by molar-refractivity contribution is -0.117. The fourth-order valence-corrected chi connectivity index (χ4v) is 3.39. The van der Waals surface area contributed by atoms with E-state index < -0.39 is 0 Å². The van der Waals surface area contributed by atoms with Crippen molar-refractivity contribution in [3.05, 3.63) is 82.6 Å². The second-order valence-corrected chi connectivity index (χ2v) is 7.31. The number of benzene rings is 2. The van der Waals surface area contributed by atoms with Gasteiger partial charge in [0.25, 0.3) is 0 Å². The molecule has 25 heavy (non-hydrogen) atoms. The fourth-order valence-electron chi connectivity index (χ4n) is 3.13. The molecule has 126 valence electrons. The number of anilines is 1. The Morgan fingerprint density at radius 2 is 2.04 bits per heavy atom. The average molecular weight is 396 g/mol. The van der Waals surface area contributed by atoms with Crippen LogP contribution in [0.1, 0.15) is 23.5 Å². The third kappa shape index (κ3) is 3.82. The largest absolute Gasteiger partial charge is 0.326 e. The highest BCUT2D eigenvalue weighted by Gasteiger charge is 2.43. The minimum Gasteiger partial charge on any atom is -0.326 e. The van der Waals surface area contributed by atoms with E-state index >= 15 is 0 Å². The minimum atomic E-state index is 0.0657. The first-order valence-corrected chi connectivity index (χ1v) is 9.11. The molecule has 2 aromatic carbocycles. The lowest BCUT2D eigenvalue weighted by Crippen LogP contribution is -2.14. The van der Waals surface area contributed by atoms with Crippen molar-refractivity contribution in [2.75, 3.05) is 5.32 Å². The SMILES string of the molecule is O=C(Nc1cccc(Cn2cccn2)c1)C1CC1c1ccc(Br)cc1. The maximum Gasteiger partial charge on any atom is 0.228 e. The molecule has 1 N–H and O–H groups in total. The van der Waals surface area contributed by atoms with Crippen LogP contribution in [0.25, 0.3) is 0 Å². The number of nitrogens with one attached hydrogen (secondary N) is 1. The molecule has 0 bridgehead atoms. The molecule has 0 radical (unpaired) electrons. The smallest absolute Gasteiger partial charge is 0.228 e. The summed E-state index contributed by atoms with van der Waals surface area (Å²) in [4.78, 5) is 12.5. The van der Waals surface area contributed by atoms with Gasteiger partial charge in [-0.05, 0) is 53.8 Å². The Hall–Kier alpha value is -2.40. The highest BCUT2D eigenvalue weighted by Crippen LogP contribution is 2.48. The zero-order valence-electron chi connectivity index (χ0n) is 13.6. The molecule has 0 saturated heterocycles. The molecule has 1 saturated carbocycles. The van der Waals surface area contributed by atoms with Crippen molar-refractivity contribution < 1.29 is 4.79 Å². The molecule has 0 aliphatic heterocycles. The molecule has 4 rings (SSSR count). The van der Waals surface area contributed by atoms with Gasteiger partial charge in [-0.3, -0.25) is 9.48 Å². The predicted molar refractivity (Wildman–Crippen MR) is 101 cm³/mol. The van der Waals surface area contributed by atoms with E-state index in [9.17, 15) is 4.79 Å². The summed E-state index contributed by atoms with van der Waals surface area (Å²) in [5.74, 6) is 0.500. The quantitative estimate of drug-likeness (QED) is 0.693. The monoisotopic (exact) mass is 395 g/mol. The summed E-state index contributed by atoms with van der Waals surface area (Å²) in [6.45, 7) is 0.696. The van der Waals surface area contributed by atoms with Crippen LogP contribution in [0, 0.1) is 5.92 Å². The number of hydrogen-bond acceptors (Lipinski definition) is 2. The van der Waals surface area contributed by atoms with Crippen LogP contribution >= 0.6 is 15.9 Å². The Morgan fingerprint density at radius 3 is 2.80 bits per heavy atom. The average Bonchev–Trinajstić information content (AvgIpc) is 3.25. The second kappa shape index (κ2) is 6.84. The standard InChI is InChI=1S/C20H18BrN3O/c21-16-7-5-15(6-8-16)18-12-19(18)20(25)23-17-4-1-3-14(11-17)13-24-10-2-9-22-24/h1-11,18-19H,12-13H2,(H,23,25). The van der Waals surface area contributed by atoms with Gasteiger partial charge in [-0.15, -0.1) is 0 Å². The third-order valence-electron chi connectivity index (χ3n) is 4.52. The van der Waals surface area contributed by atoms with Gasteiger partial charge in [-0.2, -0.15) is 5.10 Å². The third-order valence-corrected chi connectivity index (χ3v) is 5.05. The molecule has 1 amide bonds. The summed E-state index contributed by atoms with van der Waals surface area (Å²) in [7, 11) is 0. The number of nitrogens with zero attached hydrogens (tertiary/aromatic N) is 2. The van der Waals surface area contributed by atoms with Crippen molar-refractivity contribution in [3.63, 3.8) is 0 Å². The van der Waals surface area contributed by atoms with Gasteiger partial charge in [0.2, 0.25) is 5.91 Å². The number of hydrogen-bond donors (Lipinski definition) is 1. The Labute approximate surface area is 155 Å². The van der Waals surface area contributed by atoms with Gasteiger partial charge in [0.15, 0.2) is 0 Å². The van der Waals surface area contributed by atoms with Crippen molar-refractivity contribution in [1.82, 2.24) is 9.78 Å². The van der Waals surface area contributed by atoms with E-state index in [1.165, 1.54) is 5.56 Å². The van der Waals surface area contributed by atoms with Gasteiger partial charge in [0, 0.05) is 28.5 Å². The van der Waals surface area contributed by atoms with Crippen molar-refractivity contribution >= 4 is 27.5 Å². The van der Waals surface area contributed by atoms with E-state index in [1.807, 2.05) is 53.3 Å². The number of carbonyl (C=O) groups is 1. The second-order valence-electron chi connectivity index (χ2n) is 6.39. The van der Waals surface area contributed by atoms with E-state index in [1.54, 1.807) is 6.20 Å². The first-order valence-electron chi connectivity index (χ1n) is 8.32. The number of aromatic nitrogens is 2. The molecule has 4 nitrogen and oxygen atoms in total. The Morgan fingerprint density at radius 1 is 1.20 bits per heavy atom. The number of halogens is 1. The zero-order valence-corrected chi connectivity index (χ0v) is 15.2. The normalized spacial score (nSPS) is 18.8. The van der Waals surface area contributed by atoms with Crippen LogP contribution in [0.4, 0.5) is 5.69 Å². The summed E-state index contributed by atoms with van der Waals surface area (Å²) < 4.78 is 2.93. The number of carbonyl (C=O) groups excluding carboxylic acids is 1. The van der Waals surface area contributed by atoms with E-state index in [2.05, 4.69) is 38.5 Å². The molecular formula is C20H18BrN3O. The first kappa shape index (κ1) is 16.1. The van der Waals surface area contributed by atoms with Crippen LogP contribution in [0.5, 0.6) is 0 Å². The maximum atomic E-state index is 12.5. The summed E-state index contributed by atoms with van der Waals surface area (Å²) >= 11 is 3.45. The maximum absolute atomic E-state index is 12.5. The zero-order chi connectivity index (χ0) is 17.2. The van der Waals surface area contributed by atoms with Crippen molar-refractivity contribution in [2.24, 2.45) is 5.92 Å². The molecule has 1 heterocycles. The Bertz CT molecular complexity index is 874. The molecular weight excluding hydrogens is 378 g/mol. The molecule has 1 fully saturated rings. The van der Waals surface area contributed by atoms with Gasteiger partial charge in [0.05, 0.1) is 6.54 Å². The van der Waals surface area contributed by atoms with Crippen molar-refractivity contribution in [2.45, 2.75) is 18.9 Å². The van der Waals surface area contributed by atoms with Crippen molar-refractivity contribution in [3.8, 4) is 0 Å². The van der Waals surface area contributed by atoms with Crippen molar-refractivity contribution in [1.29, 1.82) is 0 Å². The van der Waals surface area contributed by atoms with Crippen LogP contribution in [0.2, 0.25) is 0 Å². The minimum absolute atomic E-state index is 0.0657. The summed E-state index contributed by atoms with van der Waals surface area (Å²) in [5, 5.41) is 7.27. The van der Waals surface area contributed by atoms with E-state index in [-0.39, 0.29) is 11.8 Å². The fraction of sp³-hybridized carbons (Fsp3) is 0.200. The van der Waals surface area contributed by atoms with Crippen LogP contribution in [-0.4, -0.2) is 15.7 Å². The summed E-state index contributed by atoms with van der Waals surface area (Å²) in [6, 6.07) is 18.1. The van der Waals surface area contributed by atoms with Crippen LogP contribution < -0.4 is 5.32 Å². The summed E-state index contributed by atoms with van der Waals surface area (Å²) in [6.07, 6.45) is 4.61. The van der Waals surface area contributed by atoms with Gasteiger partial charge in [-0.1, -0.05) is 40.2 Å². The molecule has 1 aliphatic carbocycles. The van der Waals surface area contributed by atoms with Gasteiger partial charge < -0.3 is 5.32 Å². The van der Waals surface area contributed by atoms with E-state index in [4.69, 9.17) is 0 Å². The molecule has 2 atom stereocenters. The molecule has 5 heteroatoms. The highest BCUT2D eigenvalue weighted by atomic mass is 79.9. The van der Waals surface area contributed by atoms with Gasteiger partial charge in [-0.25, -0.2) is 0 Å². The summed E-state index contributed by atoms with van der Waals surface area (Å²) in [5.41, 5.74) is 3.19. The Balaban J connectivity index is 1.39. The lowest BCUT2D eigenvalue weighted by atomic mass is 10.1. The van der Waals surface area contributed by atoms with E-state index in [0.29, 0.717) is 12.5 Å². The molecule has 0 spiro atoms. The Kier molecular flexibility index (Phi) is 4.40. The molecule has 1 aromatic heterocycles. The highest BCUT2D eigenvalue weighted by molar-refractivity contribution is 9.10. The molecule has 2 unspecified atom stereocenters. The lowest BCUT2D eigenvalue weighted by Gasteiger charge is -2.08. The first-order chi connectivity index (χ1) is 12.2.